The minimum Gasteiger partial charge on any atom is -0.477 e. The van der Waals surface area contributed by atoms with Gasteiger partial charge in [0.25, 0.3) is 6.29 Å². The average Bonchev–Trinajstić information content (AvgIpc) is 3.38. The summed E-state index contributed by atoms with van der Waals surface area (Å²) in [5, 5.41) is 9.67. The average molecular weight is 1040 g/mol. The number of aliphatic carboxylic acids is 1. The molecule has 1 N–H and O–H groups in total. The van der Waals surface area contributed by atoms with E-state index < -0.39 is 24.3 Å². The van der Waals surface area contributed by atoms with Crippen molar-refractivity contribution in [3.05, 3.63) is 134 Å². The predicted molar refractivity (Wildman–Crippen MR) is 317 cm³/mol. The van der Waals surface area contributed by atoms with Crippen LogP contribution in [0.1, 0.15) is 206 Å². The summed E-state index contributed by atoms with van der Waals surface area (Å²) in [4.78, 5) is 37.3. The van der Waals surface area contributed by atoms with Crippen LogP contribution in [0.4, 0.5) is 0 Å². The predicted octanol–water partition coefficient (Wildman–Crippen LogP) is 17.5. The second kappa shape index (κ2) is 55.7. The highest BCUT2D eigenvalue weighted by molar-refractivity contribution is 5.71. The van der Waals surface area contributed by atoms with Crippen molar-refractivity contribution < 1.29 is 42.9 Å². The van der Waals surface area contributed by atoms with Crippen molar-refractivity contribution in [1.82, 2.24) is 0 Å². The molecular formula is C66H108NO8+. The fourth-order valence-electron chi connectivity index (χ4n) is 7.43. The number of nitrogens with zero attached hydrogens (tertiary/aromatic N) is 1. The first-order valence-corrected chi connectivity index (χ1v) is 29.3. The van der Waals surface area contributed by atoms with E-state index in [9.17, 15) is 19.5 Å². The van der Waals surface area contributed by atoms with E-state index in [1.165, 1.54) is 51.4 Å². The third-order valence-corrected chi connectivity index (χ3v) is 11.9. The van der Waals surface area contributed by atoms with E-state index in [4.69, 9.17) is 18.9 Å². The van der Waals surface area contributed by atoms with Crippen LogP contribution in [0.3, 0.4) is 0 Å². The van der Waals surface area contributed by atoms with Gasteiger partial charge in [0.15, 0.2) is 6.10 Å². The molecule has 0 aromatic rings. The molecule has 0 saturated carbocycles. The normalized spacial score (nSPS) is 13.8. The maximum absolute atomic E-state index is 12.8. The van der Waals surface area contributed by atoms with Crippen molar-refractivity contribution in [1.29, 1.82) is 0 Å². The third-order valence-electron chi connectivity index (χ3n) is 11.9. The Labute approximate surface area is 459 Å². The summed E-state index contributed by atoms with van der Waals surface area (Å²) < 4.78 is 22.8. The number of carboxylic acids is 1. The van der Waals surface area contributed by atoms with Gasteiger partial charge in [-0.05, 0) is 96.3 Å². The van der Waals surface area contributed by atoms with Crippen LogP contribution >= 0.6 is 0 Å². The van der Waals surface area contributed by atoms with Crippen molar-refractivity contribution in [2.45, 2.75) is 219 Å². The second-order valence-electron chi connectivity index (χ2n) is 20.2. The van der Waals surface area contributed by atoms with Crippen molar-refractivity contribution in [2.75, 3.05) is 47.5 Å². The van der Waals surface area contributed by atoms with Gasteiger partial charge in [0.2, 0.25) is 0 Å². The first kappa shape index (κ1) is 70.4. The zero-order valence-electron chi connectivity index (χ0n) is 48.2. The van der Waals surface area contributed by atoms with E-state index in [1.54, 1.807) is 0 Å². The monoisotopic (exact) mass is 1040 g/mol. The number of quaternary nitrogens is 1. The molecule has 0 heterocycles. The second-order valence-corrected chi connectivity index (χ2v) is 20.2. The third kappa shape index (κ3) is 57.0. The van der Waals surface area contributed by atoms with Crippen molar-refractivity contribution in [2.24, 2.45) is 0 Å². The lowest BCUT2D eigenvalue weighted by molar-refractivity contribution is -0.870. The topological polar surface area (TPSA) is 108 Å². The van der Waals surface area contributed by atoms with Gasteiger partial charge in [-0.3, -0.25) is 9.59 Å². The van der Waals surface area contributed by atoms with Crippen LogP contribution < -0.4 is 0 Å². The molecule has 0 fully saturated rings. The quantitative estimate of drug-likeness (QED) is 0.0211. The molecule has 0 saturated heterocycles. The number of esters is 2. The number of hydrogen-bond acceptors (Lipinski definition) is 7. The van der Waals surface area contributed by atoms with E-state index >= 15 is 0 Å². The van der Waals surface area contributed by atoms with E-state index in [0.29, 0.717) is 23.9 Å². The Balaban J connectivity index is 4.21. The van der Waals surface area contributed by atoms with Crippen molar-refractivity contribution >= 4 is 17.9 Å². The zero-order valence-corrected chi connectivity index (χ0v) is 48.2. The largest absolute Gasteiger partial charge is 0.477 e. The summed E-state index contributed by atoms with van der Waals surface area (Å²) in [5.74, 6) is -2.05. The molecule has 0 amide bonds. The van der Waals surface area contributed by atoms with Crippen molar-refractivity contribution in [3.8, 4) is 0 Å². The molecule has 9 heteroatoms. The summed E-state index contributed by atoms with van der Waals surface area (Å²) in [6, 6.07) is 0. The van der Waals surface area contributed by atoms with E-state index in [2.05, 4.69) is 148 Å². The van der Waals surface area contributed by atoms with Gasteiger partial charge < -0.3 is 28.5 Å². The summed E-state index contributed by atoms with van der Waals surface area (Å²) in [5.41, 5.74) is 0. The highest BCUT2D eigenvalue weighted by atomic mass is 16.7. The summed E-state index contributed by atoms with van der Waals surface area (Å²) in [6.07, 6.45) is 76.9. The molecule has 424 valence electrons. The fraction of sp³-hybridized carbons (Fsp3) is 0.621. The molecule has 0 aromatic heterocycles. The number of carbonyl (C=O) groups is 3. The first-order valence-electron chi connectivity index (χ1n) is 29.3. The molecule has 75 heavy (non-hydrogen) atoms. The smallest absolute Gasteiger partial charge is 0.361 e. The molecule has 0 aliphatic carbocycles. The highest BCUT2D eigenvalue weighted by Crippen LogP contribution is 2.14. The molecule has 0 radical (unpaired) electrons. The SMILES string of the molecule is CC/C=C\C/C=C\C/C=C\C/C=C\C/C=C\C/C=C\C/C=C\C/C=C\C/C=C\C/C=C\C/C=C\CCCCCCCC(=O)OC(COC(=O)CCCCCCCCCCCCC)COC(OCC[N+](C)(C)C)C(=O)O. The van der Waals surface area contributed by atoms with Gasteiger partial charge in [-0.15, -0.1) is 0 Å². The molecule has 2 atom stereocenters. The van der Waals surface area contributed by atoms with E-state index in [-0.39, 0.29) is 32.2 Å². The number of unbranched alkanes of at least 4 members (excludes halogenated alkanes) is 15. The summed E-state index contributed by atoms with van der Waals surface area (Å²) >= 11 is 0. The number of hydrogen-bond donors (Lipinski definition) is 1. The molecule has 0 aromatic carbocycles. The standard InChI is InChI=1S/C66H107NO8/c1-6-8-10-12-14-16-18-19-20-21-22-23-24-25-26-27-28-29-30-31-32-33-34-35-36-37-38-39-40-41-42-43-44-45-47-49-51-53-55-57-64(69)75-62(61-74-66(65(70)71)72-59-58-67(3,4)5)60-73-63(68)56-54-52-50-48-46-17-15-13-11-9-7-2/h8,10,14,16,19-20,22-23,25-26,28-29,31-32,34-35,37-38,40-41,43-44,62,66H,6-7,9,11-13,15,17-18,21,24,27,30,33,36,39,42,45-61H2,1-5H3/p+1/b10-8-,16-14-,20-19-,23-22-,26-25-,29-28-,32-31-,35-34-,38-37-,41-40-,44-43-. The summed E-state index contributed by atoms with van der Waals surface area (Å²) in [6.45, 7) is 4.70. The molecule has 9 nitrogen and oxygen atoms in total. The van der Waals surface area contributed by atoms with Crippen LogP contribution in [-0.4, -0.2) is 87.4 Å². The van der Waals surface area contributed by atoms with E-state index in [0.717, 1.165) is 122 Å². The Morgan fingerprint density at radius 1 is 0.413 bits per heavy atom. The maximum atomic E-state index is 12.8. The van der Waals surface area contributed by atoms with Crippen molar-refractivity contribution in [3.63, 3.8) is 0 Å². The number of carboxylic acid groups (broad SMARTS) is 1. The molecule has 0 aliphatic rings. The number of allylic oxidation sites excluding steroid dienone is 22. The van der Waals surface area contributed by atoms with Gasteiger partial charge in [-0.2, -0.15) is 0 Å². The van der Waals surface area contributed by atoms with Crippen LogP contribution in [0.15, 0.2) is 134 Å². The van der Waals surface area contributed by atoms with Gasteiger partial charge in [-0.1, -0.05) is 231 Å². The Bertz CT molecular complexity index is 1690. The lowest BCUT2D eigenvalue weighted by Crippen LogP contribution is -2.40. The number of carbonyl (C=O) groups excluding carboxylic acids is 2. The molecular weight excluding hydrogens is 935 g/mol. The van der Waals surface area contributed by atoms with Gasteiger partial charge in [0.1, 0.15) is 13.2 Å². The first-order chi connectivity index (χ1) is 36.6. The van der Waals surface area contributed by atoms with Crippen LogP contribution in [0.2, 0.25) is 0 Å². The molecule has 0 aliphatic heterocycles. The Morgan fingerprint density at radius 2 is 0.760 bits per heavy atom. The van der Waals surface area contributed by atoms with Crippen LogP contribution in [0, 0.1) is 0 Å². The highest BCUT2D eigenvalue weighted by Gasteiger charge is 2.25. The Kier molecular flexibility index (Phi) is 52.3. The molecule has 0 spiro atoms. The Hall–Kier alpha value is -4.57. The number of likely N-dealkylation sites (N-methyl/N-ethyl adjacent to an activating group) is 1. The lowest BCUT2D eigenvalue weighted by atomic mass is 10.1. The van der Waals surface area contributed by atoms with Crippen LogP contribution in [-0.2, 0) is 33.3 Å². The number of rotatable bonds is 52. The molecule has 2 unspecified atom stereocenters. The maximum Gasteiger partial charge on any atom is 0.361 e. The van der Waals surface area contributed by atoms with Gasteiger partial charge in [-0.25, -0.2) is 4.79 Å². The lowest BCUT2D eigenvalue weighted by Gasteiger charge is -2.25. The fourth-order valence-corrected chi connectivity index (χ4v) is 7.43. The minimum absolute atomic E-state index is 0.178. The van der Waals surface area contributed by atoms with E-state index in [1.807, 2.05) is 21.1 Å². The van der Waals surface area contributed by atoms with Gasteiger partial charge >= 0.3 is 17.9 Å². The molecule has 0 bridgehead atoms. The summed E-state index contributed by atoms with van der Waals surface area (Å²) in [7, 11) is 5.94. The zero-order chi connectivity index (χ0) is 54.8. The van der Waals surface area contributed by atoms with Crippen LogP contribution in [0.5, 0.6) is 0 Å². The molecule has 0 rings (SSSR count). The van der Waals surface area contributed by atoms with Gasteiger partial charge in [0, 0.05) is 12.8 Å². The van der Waals surface area contributed by atoms with Crippen LogP contribution in [0.25, 0.3) is 0 Å². The number of ether oxygens (including phenoxy) is 4. The Morgan fingerprint density at radius 3 is 1.13 bits per heavy atom. The van der Waals surface area contributed by atoms with Gasteiger partial charge in [0.05, 0.1) is 34.4 Å². The minimum atomic E-state index is -1.52.